The number of carbonyl (C=O) groups is 5. The van der Waals surface area contributed by atoms with Crippen LogP contribution in [0.25, 0.3) is 10.1 Å². The number of ether oxygens (including phenoxy) is 1. The van der Waals surface area contributed by atoms with Gasteiger partial charge in [-0.3, -0.25) is 23.9 Å². The van der Waals surface area contributed by atoms with Gasteiger partial charge >= 0.3 is 6.09 Å². The fraction of sp³-hybridized carbons (Fsp3) is 0.571. The van der Waals surface area contributed by atoms with E-state index < -0.39 is 74.3 Å². The number of alkyl carbamates (subject to hydrolysis) is 1. The molecular weight excluding hydrogens is 683 g/mol. The third kappa shape index (κ3) is 8.14. The van der Waals surface area contributed by atoms with Crippen LogP contribution in [0.2, 0.25) is 0 Å². The largest absolute Gasteiger partial charge is 0.444 e. The SMILES string of the molecule is CC(C)(C)OC(=O)N[C@H]1CCCCC/C=C\[C@H]2C[C@@]2(C(=O)NS(=O)(=O)C2CC2)NC(=O)[C@@H]2C[C@@H](NC(=O)c3cc4ccccc4s3)CN2C1=O. The van der Waals surface area contributed by atoms with Crippen LogP contribution in [0.3, 0.4) is 0 Å². The summed E-state index contributed by atoms with van der Waals surface area (Å²) in [6, 6.07) is 6.67. The van der Waals surface area contributed by atoms with Crippen LogP contribution >= 0.6 is 11.3 Å². The lowest BCUT2D eigenvalue weighted by atomic mass is 10.0. The van der Waals surface area contributed by atoms with Gasteiger partial charge in [0.05, 0.1) is 10.1 Å². The van der Waals surface area contributed by atoms with E-state index in [-0.39, 0.29) is 25.3 Å². The first-order chi connectivity index (χ1) is 23.6. The number of thiophene rings is 1. The van der Waals surface area contributed by atoms with Crippen LogP contribution in [0.15, 0.2) is 42.5 Å². The maximum atomic E-state index is 14.3. The van der Waals surface area contributed by atoms with Gasteiger partial charge in [-0.1, -0.05) is 43.2 Å². The van der Waals surface area contributed by atoms with Gasteiger partial charge < -0.3 is 25.6 Å². The van der Waals surface area contributed by atoms with E-state index in [2.05, 4.69) is 20.7 Å². The summed E-state index contributed by atoms with van der Waals surface area (Å²) in [7, 11) is -3.89. The van der Waals surface area contributed by atoms with E-state index in [1.807, 2.05) is 36.4 Å². The van der Waals surface area contributed by atoms with Gasteiger partial charge in [0.15, 0.2) is 0 Å². The molecule has 4 aliphatic rings. The molecule has 3 heterocycles. The smallest absolute Gasteiger partial charge is 0.408 e. The molecule has 4 N–H and O–H groups in total. The predicted molar refractivity (Wildman–Crippen MR) is 188 cm³/mol. The molecule has 1 aromatic carbocycles. The van der Waals surface area contributed by atoms with Crippen molar-refractivity contribution in [3.05, 3.63) is 47.4 Å². The topological polar surface area (TPSA) is 180 Å². The first-order valence-corrected chi connectivity index (χ1v) is 19.7. The minimum absolute atomic E-state index is 0.0152. The Morgan fingerprint density at radius 2 is 1.80 bits per heavy atom. The molecule has 50 heavy (non-hydrogen) atoms. The van der Waals surface area contributed by atoms with Crippen LogP contribution in [-0.2, 0) is 29.1 Å². The van der Waals surface area contributed by atoms with E-state index >= 15 is 0 Å². The quantitative estimate of drug-likeness (QED) is 0.327. The van der Waals surface area contributed by atoms with Crippen molar-refractivity contribution in [1.82, 2.24) is 25.6 Å². The molecule has 0 unspecified atom stereocenters. The van der Waals surface area contributed by atoms with Crippen molar-refractivity contribution in [1.29, 1.82) is 0 Å². The third-order valence-electron chi connectivity index (χ3n) is 9.56. The minimum atomic E-state index is -3.89. The number of fused-ring (bicyclic) bond motifs is 3. The molecule has 15 heteroatoms. The summed E-state index contributed by atoms with van der Waals surface area (Å²) in [5, 5.41) is 8.83. The summed E-state index contributed by atoms with van der Waals surface area (Å²) < 4.78 is 34.1. The monoisotopic (exact) mass is 727 g/mol. The lowest BCUT2D eigenvalue weighted by Gasteiger charge is -2.30. The van der Waals surface area contributed by atoms with Crippen molar-refractivity contribution in [3.8, 4) is 0 Å². The van der Waals surface area contributed by atoms with Gasteiger partial charge in [0.2, 0.25) is 21.8 Å². The van der Waals surface area contributed by atoms with E-state index in [1.165, 1.54) is 16.2 Å². The van der Waals surface area contributed by atoms with Crippen molar-refractivity contribution in [3.63, 3.8) is 0 Å². The van der Waals surface area contributed by atoms with Gasteiger partial charge in [-0.05, 0) is 83.2 Å². The molecule has 2 aliphatic heterocycles. The molecule has 0 radical (unpaired) electrons. The Bertz CT molecular complexity index is 1780. The predicted octanol–water partition coefficient (Wildman–Crippen LogP) is 3.50. The van der Waals surface area contributed by atoms with Crippen LogP contribution < -0.4 is 20.7 Å². The summed E-state index contributed by atoms with van der Waals surface area (Å²) >= 11 is 1.34. The Balaban J connectivity index is 1.27. The summed E-state index contributed by atoms with van der Waals surface area (Å²) in [5.74, 6) is -2.72. The van der Waals surface area contributed by atoms with E-state index in [9.17, 15) is 32.4 Å². The molecule has 2 aromatic rings. The van der Waals surface area contributed by atoms with Gasteiger partial charge in [-0.25, -0.2) is 13.2 Å². The average Bonchev–Trinajstić information content (AvgIpc) is 3.92. The van der Waals surface area contributed by atoms with E-state index in [0.717, 1.165) is 22.9 Å². The molecule has 2 aliphatic carbocycles. The van der Waals surface area contributed by atoms with E-state index in [1.54, 1.807) is 26.8 Å². The molecule has 0 bridgehead atoms. The van der Waals surface area contributed by atoms with Crippen LogP contribution in [0.4, 0.5) is 4.79 Å². The fourth-order valence-electron chi connectivity index (χ4n) is 6.71. The number of amides is 5. The number of sulfonamides is 1. The number of benzene rings is 1. The number of nitrogens with one attached hydrogen (secondary N) is 4. The zero-order valence-electron chi connectivity index (χ0n) is 28.5. The summed E-state index contributed by atoms with van der Waals surface area (Å²) in [6.07, 6.45) is 7.37. The second-order valence-corrected chi connectivity index (χ2v) is 17.8. The fourth-order valence-corrected chi connectivity index (χ4v) is 9.03. The number of hydrogen-bond acceptors (Lipinski definition) is 9. The van der Waals surface area contributed by atoms with Crippen molar-refractivity contribution >= 4 is 61.2 Å². The lowest BCUT2D eigenvalue weighted by Crippen LogP contribution is -2.58. The molecular formula is C35H45N5O8S2. The highest BCUT2D eigenvalue weighted by atomic mass is 32.2. The Labute approximate surface area is 296 Å². The number of nitrogens with zero attached hydrogens (tertiary/aromatic N) is 1. The summed E-state index contributed by atoms with van der Waals surface area (Å²) in [6.45, 7) is 5.14. The molecule has 13 nitrogen and oxygen atoms in total. The normalized spacial score (nSPS) is 28.3. The van der Waals surface area contributed by atoms with E-state index in [4.69, 9.17) is 4.74 Å². The lowest BCUT2D eigenvalue weighted by molar-refractivity contribution is -0.141. The first-order valence-electron chi connectivity index (χ1n) is 17.3. The number of allylic oxidation sites excluding steroid dienone is 1. The van der Waals surface area contributed by atoms with Gasteiger partial charge in [0, 0.05) is 23.2 Å². The molecule has 5 atom stereocenters. The van der Waals surface area contributed by atoms with Crippen molar-refractivity contribution in [2.24, 2.45) is 5.92 Å². The van der Waals surface area contributed by atoms with Crippen LogP contribution in [0.1, 0.15) is 88.2 Å². The molecule has 270 valence electrons. The second-order valence-electron chi connectivity index (χ2n) is 14.8. The third-order valence-corrected chi connectivity index (χ3v) is 12.5. The molecule has 6 rings (SSSR count). The Morgan fingerprint density at radius 3 is 2.52 bits per heavy atom. The number of carbonyl (C=O) groups excluding carboxylic acids is 5. The minimum Gasteiger partial charge on any atom is -0.444 e. The highest BCUT2D eigenvalue weighted by Gasteiger charge is 2.62. The van der Waals surface area contributed by atoms with Crippen LogP contribution in [0, 0.1) is 5.92 Å². The summed E-state index contributed by atoms with van der Waals surface area (Å²) in [4.78, 5) is 70.2. The highest BCUT2D eigenvalue weighted by molar-refractivity contribution is 7.91. The van der Waals surface area contributed by atoms with Gasteiger partial charge in [-0.2, -0.15) is 0 Å². The maximum Gasteiger partial charge on any atom is 0.408 e. The van der Waals surface area contributed by atoms with Crippen molar-refractivity contribution < 1.29 is 37.1 Å². The van der Waals surface area contributed by atoms with Crippen LogP contribution in [-0.4, -0.2) is 84.1 Å². The van der Waals surface area contributed by atoms with Crippen molar-refractivity contribution in [2.45, 2.75) is 113 Å². The Hall–Kier alpha value is -3.98. The zero-order chi connectivity index (χ0) is 35.8. The standard InChI is InChI=1S/C35H45N5O8S2/c1-34(2,3)48-33(45)37-25-13-8-6-4-5-7-12-22-19-35(22,32(44)39-50(46,47)24-15-16-24)38-29(41)26-18-23(20-40(26)31(25)43)36-30(42)28-17-21-11-9-10-14-27(21)49-28/h7,9-12,14,17,22-26H,4-6,8,13,15-16,18-20H2,1-3H3,(H,36,42)(H,37,45)(H,38,41)(H,39,44)/b12-7-/t22-,23+,25-,26-,35+/m0/s1. The van der Waals surface area contributed by atoms with E-state index in [0.29, 0.717) is 37.0 Å². The van der Waals surface area contributed by atoms with Gasteiger partial charge in [-0.15, -0.1) is 11.3 Å². The maximum absolute atomic E-state index is 14.3. The highest BCUT2D eigenvalue weighted by Crippen LogP contribution is 2.46. The second kappa shape index (κ2) is 14.0. The molecule has 1 aromatic heterocycles. The molecule has 3 fully saturated rings. The number of rotatable bonds is 6. The van der Waals surface area contributed by atoms with Crippen LogP contribution in [0.5, 0.6) is 0 Å². The number of hydrogen-bond donors (Lipinski definition) is 4. The molecule has 1 saturated heterocycles. The Kier molecular flexibility index (Phi) is 10.0. The first kappa shape index (κ1) is 35.8. The zero-order valence-corrected chi connectivity index (χ0v) is 30.2. The molecule has 0 spiro atoms. The van der Waals surface area contributed by atoms with Gasteiger partial charge in [0.1, 0.15) is 23.2 Å². The Morgan fingerprint density at radius 1 is 1.04 bits per heavy atom. The van der Waals surface area contributed by atoms with Gasteiger partial charge in [0.25, 0.3) is 11.8 Å². The summed E-state index contributed by atoms with van der Waals surface area (Å²) in [5.41, 5.74) is -2.31. The average molecular weight is 728 g/mol. The molecule has 5 amide bonds. The molecule has 2 saturated carbocycles. The van der Waals surface area contributed by atoms with Crippen molar-refractivity contribution in [2.75, 3.05) is 6.54 Å².